The Labute approximate surface area is 125 Å². The molecule has 2 amide bonds. The normalized spacial score (nSPS) is 23.2. The van der Waals surface area contributed by atoms with Crippen LogP contribution in [0.3, 0.4) is 0 Å². The highest BCUT2D eigenvalue weighted by Crippen LogP contribution is 2.47. The van der Waals surface area contributed by atoms with Crippen LogP contribution in [-0.4, -0.2) is 36.3 Å². The highest BCUT2D eigenvalue weighted by atomic mass is 16.2. The van der Waals surface area contributed by atoms with Crippen LogP contribution in [0.2, 0.25) is 0 Å². The van der Waals surface area contributed by atoms with Crippen molar-refractivity contribution in [1.29, 1.82) is 0 Å². The molecule has 3 rings (SSSR count). The molecule has 2 fully saturated rings. The van der Waals surface area contributed by atoms with Gasteiger partial charge in [-0.1, -0.05) is 30.3 Å². The van der Waals surface area contributed by atoms with Gasteiger partial charge in [0.2, 0.25) is 11.8 Å². The van der Waals surface area contributed by atoms with E-state index in [1.54, 1.807) is 4.90 Å². The van der Waals surface area contributed by atoms with Crippen LogP contribution in [0.15, 0.2) is 30.3 Å². The third-order valence-electron chi connectivity index (χ3n) is 4.81. The number of nitrogens with zero attached hydrogens (tertiary/aromatic N) is 1. The summed E-state index contributed by atoms with van der Waals surface area (Å²) in [5.41, 5.74) is 1.44. The highest BCUT2D eigenvalue weighted by Gasteiger charge is 2.44. The summed E-state index contributed by atoms with van der Waals surface area (Å²) >= 11 is 0. The van der Waals surface area contributed by atoms with Crippen LogP contribution >= 0.6 is 0 Å². The summed E-state index contributed by atoms with van der Waals surface area (Å²) in [5, 5.41) is 3.07. The number of amides is 2. The van der Waals surface area contributed by atoms with Crippen molar-refractivity contribution >= 4 is 11.8 Å². The minimum absolute atomic E-state index is 0.0292. The molecule has 4 heteroatoms. The minimum atomic E-state index is -0.177. The third kappa shape index (κ3) is 2.80. The maximum absolute atomic E-state index is 12.3. The molecule has 2 aliphatic rings. The SMILES string of the molecule is CCN1C[C@@H](C(=O)NCC2(c3ccccc3)CC2)CC1=O. The third-order valence-corrected chi connectivity index (χ3v) is 4.81. The molecule has 0 bridgehead atoms. The quantitative estimate of drug-likeness (QED) is 0.895. The van der Waals surface area contributed by atoms with E-state index in [0.29, 0.717) is 26.1 Å². The monoisotopic (exact) mass is 286 g/mol. The lowest BCUT2D eigenvalue weighted by Gasteiger charge is -2.18. The second kappa shape index (κ2) is 5.51. The van der Waals surface area contributed by atoms with Crippen LogP contribution in [0.1, 0.15) is 31.7 Å². The van der Waals surface area contributed by atoms with Crippen molar-refractivity contribution < 1.29 is 9.59 Å². The summed E-state index contributed by atoms with van der Waals surface area (Å²) in [6.07, 6.45) is 2.61. The number of carbonyl (C=O) groups excluding carboxylic acids is 2. The Balaban J connectivity index is 1.56. The number of likely N-dealkylation sites (tertiary alicyclic amines) is 1. The van der Waals surface area contributed by atoms with E-state index in [9.17, 15) is 9.59 Å². The average molecular weight is 286 g/mol. The summed E-state index contributed by atoms with van der Waals surface area (Å²) < 4.78 is 0. The first-order chi connectivity index (χ1) is 10.1. The fraction of sp³-hybridized carbons (Fsp3) is 0.529. The van der Waals surface area contributed by atoms with E-state index in [1.165, 1.54) is 5.56 Å². The number of carbonyl (C=O) groups is 2. The first-order valence-corrected chi connectivity index (χ1v) is 7.76. The molecule has 0 spiro atoms. The molecule has 4 nitrogen and oxygen atoms in total. The number of hydrogen-bond donors (Lipinski definition) is 1. The summed E-state index contributed by atoms with van der Waals surface area (Å²) in [7, 11) is 0. The van der Waals surface area contributed by atoms with E-state index >= 15 is 0 Å². The van der Waals surface area contributed by atoms with Gasteiger partial charge in [0, 0.05) is 31.5 Å². The number of rotatable bonds is 5. The van der Waals surface area contributed by atoms with Crippen molar-refractivity contribution in [2.45, 2.75) is 31.6 Å². The van der Waals surface area contributed by atoms with Gasteiger partial charge >= 0.3 is 0 Å². The van der Waals surface area contributed by atoms with E-state index in [-0.39, 0.29) is 23.1 Å². The molecule has 1 N–H and O–H groups in total. The van der Waals surface area contributed by atoms with Crippen molar-refractivity contribution in [3.8, 4) is 0 Å². The van der Waals surface area contributed by atoms with Crippen LogP contribution in [0.25, 0.3) is 0 Å². The molecule has 1 heterocycles. The standard InChI is InChI=1S/C17H22N2O2/c1-2-19-11-13(10-15(19)20)16(21)18-12-17(8-9-17)14-6-4-3-5-7-14/h3-7,13H,2,8-12H2,1H3,(H,18,21)/t13-/m0/s1. The molecule has 1 aliphatic carbocycles. The van der Waals surface area contributed by atoms with Gasteiger partial charge in [-0.3, -0.25) is 9.59 Å². The first-order valence-electron chi connectivity index (χ1n) is 7.76. The van der Waals surface area contributed by atoms with Crippen LogP contribution in [0.4, 0.5) is 0 Å². The Morgan fingerprint density at radius 1 is 1.33 bits per heavy atom. The fourth-order valence-electron chi connectivity index (χ4n) is 3.16. The lowest BCUT2D eigenvalue weighted by atomic mass is 9.95. The molecule has 1 aromatic rings. The van der Waals surface area contributed by atoms with Crippen molar-refractivity contribution in [3.05, 3.63) is 35.9 Å². The molecule has 1 aromatic carbocycles. The Bertz CT molecular complexity index is 537. The van der Waals surface area contributed by atoms with Gasteiger partial charge in [-0.05, 0) is 25.3 Å². The summed E-state index contributed by atoms with van der Waals surface area (Å²) in [4.78, 5) is 25.7. The molecular formula is C17H22N2O2. The molecule has 112 valence electrons. The number of benzene rings is 1. The van der Waals surface area contributed by atoms with Gasteiger partial charge in [0.1, 0.15) is 0 Å². The number of nitrogens with one attached hydrogen (secondary N) is 1. The van der Waals surface area contributed by atoms with E-state index in [1.807, 2.05) is 25.1 Å². The van der Waals surface area contributed by atoms with Crippen LogP contribution in [0.5, 0.6) is 0 Å². The topological polar surface area (TPSA) is 49.4 Å². The van der Waals surface area contributed by atoms with Crippen molar-refractivity contribution in [1.82, 2.24) is 10.2 Å². The van der Waals surface area contributed by atoms with Crippen LogP contribution in [-0.2, 0) is 15.0 Å². The van der Waals surface area contributed by atoms with E-state index < -0.39 is 0 Å². The maximum atomic E-state index is 12.3. The van der Waals surface area contributed by atoms with Crippen molar-refractivity contribution in [2.75, 3.05) is 19.6 Å². The van der Waals surface area contributed by atoms with Crippen LogP contribution < -0.4 is 5.32 Å². The molecule has 1 saturated heterocycles. The van der Waals surface area contributed by atoms with Gasteiger partial charge in [-0.2, -0.15) is 0 Å². The average Bonchev–Trinajstić information content (AvgIpc) is 3.22. The lowest BCUT2D eigenvalue weighted by molar-refractivity contribution is -0.128. The van der Waals surface area contributed by atoms with E-state index in [0.717, 1.165) is 12.8 Å². The zero-order valence-electron chi connectivity index (χ0n) is 12.5. The predicted molar refractivity (Wildman–Crippen MR) is 80.7 cm³/mol. The molecule has 1 aliphatic heterocycles. The van der Waals surface area contributed by atoms with Crippen LogP contribution in [0, 0.1) is 5.92 Å². The zero-order valence-corrected chi connectivity index (χ0v) is 12.5. The highest BCUT2D eigenvalue weighted by molar-refractivity contribution is 5.89. The predicted octanol–water partition coefficient (Wildman–Crippen LogP) is 1.70. The molecule has 0 aromatic heterocycles. The Kier molecular flexibility index (Phi) is 3.70. The Morgan fingerprint density at radius 3 is 2.62 bits per heavy atom. The smallest absolute Gasteiger partial charge is 0.225 e. The van der Waals surface area contributed by atoms with E-state index in [2.05, 4.69) is 17.4 Å². The molecule has 21 heavy (non-hydrogen) atoms. The van der Waals surface area contributed by atoms with Gasteiger partial charge in [-0.25, -0.2) is 0 Å². The maximum Gasteiger partial charge on any atom is 0.225 e. The number of hydrogen-bond acceptors (Lipinski definition) is 2. The van der Waals surface area contributed by atoms with E-state index in [4.69, 9.17) is 0 Å². The van der Waals surface area contributed by atoms with Crippen molar-refractivity contribution in [3.63, 3.8) is 0 Å². The summed E-state index contributed by atoms with van der Waals surface area (Å²) in [6.45, 7) is 3.90. The first kappa shape index (κ1) is 14.1. The molecule has 0 unspecified atom stereocenters. The second-order valence-corrected chi connectivity index (χ2v) is 6.20. The zero-order chi connectivity index (χ0) is 14.9. The fourth-order valence-corrected chi connectivity index (χ4v) is 3.16. The molecule has 0 radical (unpaired) electrons. The molecule has 1 saturated carbocycles. The van der Waals surface area contributed by atoms with Gasteiger partial charge in [0.05, 0.1) is 5.92 Å². The Hall–Kier alpha value is -1.84. The van der Waals surface area contributed by atoms with Gasteiger partial charge in [0.15, 0.2) is 0 Å². The Morgan fingerprint density at radius 2 is 2.05 bits per heavy atom. The summed E-state index contributed by atoms with van der Waals surface area (Å²) in [6, 6.07) is 10.4. The molecular weight excluding hydrogens is 264 g/mol. The lowest BCUT2D eigenvalue weighted by Crippen LogP contribution is -2.37. The van der Waals surface area contributed by atoms with Gasteiger partial charge in [-0.15, -0.1) is 0 Å². The largest absolute Gasteiger partial charge is 0.355 e. The van der Waals surface area contributed by atoms with Gasteiger partial charge in [0.25, 0.3) is 0 Å². The van der Waals surface area contributed by atoms with Crippen molar-refractivity contribution in [2.24, 2.45) is 5.92 Å². The van der Waals surface area contributed by atoms with Gasteiger partial charge < -0.3 is 10.2 Å². The second-order valence-electron chi connectivity index (χ2n) is 6.20. The summed E-state index contributed by atoms with van der Waals surface area (Å²) in [5.74, 6) is -0.0487. The molecule has 1 atom stereocenters. The minimum Gasteiger partial charge on any atom is -0.355 e.